The number of nitrogens with zero attached hydrogens (tertiary/aromatic N) is 1. The summed E-state index contributed by atoms with van der Waals surface area (Å²) in [6.07, 6.45) is 1.49. The van der Waals surface area contributed by atoms with Crippen LogP contribution in [-0.2, 0) is 4.79 Å². The number of halogens is 1. The predicted octanol–water partition coefficient (Wildman–Crippen LogP) is 3.71. The maximum Gasteiger partial charge on any atom is 0.320 e. The molecule has 2 aromatic rings. The molecule has 2 aromatic carbocycles. The van der Waals surface area contributed by atoms with Crippen LogP contribution in [0.2, 0.25) is 5.02 Å². The summed E-state index contributed by atoms with van der Waals surface area (Å²) < 4.78 is 10.9. The lowest BCUT2D eigenvalue weighted by molar-refractivity contribution is -0.142. The number of rotatable bonds is 4. The smallest absolute Gasteiger partial charge is 0.320 e. The summed E-state index contributed by atoms with van der Waals surface area (Å²) in [7, 11) is 0. The maximum atomic E-state index is 11.7. The number of benzene rings is 2. The number of likely N-dealkylation sites (tertiary alicyclic amines) is 1. The Balaban J connectivity index is 1.82. The van der Waals surface area contributed by atoms with E-state index in [1.165, 1.54) is 0 Å². The van der Waals surface area contributed by atoms with E-state index < -0.39 is 12.0 Å². The molecule has 0 radical (unpaired) electrons. The average molecular weight is 360 g/mol. The number of carbonyl (C=O) groups is 1. The molecule has 0 bridgehead atoms. The summed E-state index contributed by atoms with van der Waals surface area (Å²) in [4.78, 5) is 13.7. The first kappa shape index (κ1) is 16.2. The largest absolute Gasteiger partial charge is 0.480 e. The molecular weight excluding hydrogens is 342 g/mol. The van der Waals surface area contributed by atoms with Gasteiger partial charge in [-0.1, -0.05) is 35.9 Å². The molecule has 2 aliphatic heterocycles. The quantitative estimate of drug-likeness (QED) is 0.901. The molecule has 5 nitrogen and oxygen atoms in total. The number of ether oxygens (including phenoxy) is 2. The molecule has 130 valence electrons. The van der Waals surface area contributed by atoms with E-state index in [9.17, 15) is 9.90 Å². The van der Waals surface area contributed by atoms with Crippen LogP contribution in [0.25, 0.3) is 0 Å². The fraction of sp³-hybridized carbons (Fsp3) is 0.316. The SMILES string of the molecule is O=C(O)C1CCCN1C(c1ccc2c(c1)OCO2)c1ccccc1Cl. The molecular formula is C19H18ClNO4. The van der Waals surface area contributed by atoms with Crippen LogP contribution in [0.4, 0.5) is 0 Å². The Morgan fingerprint density at radius 3 is 2.80 bits per heavy atom. The van der Waals surface area contributed by atoms with Crippen molar-refractivity contribution in [3.05, 3.63) is 58.6 Å². The van der Waals surface area contributed by atoms with Gasteiger partial charge in [-0.2, -0.15) is 0 Å². The topological polar surface area (TPSA) is 59.0 Å². The summed E-state index contributed by atoms with van der Waals surface area (Å²) in [5.74, 6) is 0.591. The third-order valence-corrected chi connectivity index (χ3v) is 5.17. The zero-order chi connectivity index (χ0) is 17.4. The molecule has 4 rings (SSSR count). The molecule has 2 atom stereocenters. The molecule has 0 aliphatic carbocycles. The first-order chi connectivity index (χ1) is 12.1. The predicted molar refractivity (Wildman–Crippen MR) is 93.2 cm³/mol. The van der Waals surface area contributed by atoms with Crippen LogP contribution in [0.5, 0.6) is 11.5 Å². The van der Waals surface area contributed by atoms with Crippen molar-refractivity contribution >= 4 is 17.6 Å². The standard InChI is InChI=1S/C19H18ClNO4/c20-14-5-2-1-4-13(14)18(21-9-3-6-15(21)19(22)23)12-7-8-16-17(10-12)25-11-24-16/h1-2,4-5,7-8,10,15,18H,3,6,9,11H2,(H,22,23). The van der Waals surface area contributed by atoms with Gasteiger partial charge in [0.25, 0.3) is 0 Å². The fourth-order valence-electron chi connectivity index (χ4n) is 3.69. The Morgan fingerprint density at radius 1 is 1.20 bits per heavy atom. The number of carboxylic acids is 1. The van der Waals surface area contributed by atoms with Crippen molar-refractivity contribution in [1.82, 2.24) is 4.90 Å². The monoisotopic (exact) mass is 359 g/mol. The van der Waals surface area contributed by atoms with E-state index in [0.29, 0.717) is 29.5 Å². The van der Waals surface area contributed by atoms with Crippen LogP contribution in [-0.4, -0.2) is 35.4 Å². The molecule has 1 saturated heterocycles. The van der Waals surface area contributed by atoms with Crippen molar-refractivity contribution in [1.29, 1.82) is 0 Å². The lowest BCUT2D eigenvalue weighted by Gasteiger charge is -2.32. The summed E-state index contributed by atoms with van der Waals surface area (Å²) >= 11 is 6.46. The van der Waals surface area contributed by atoms with Gasteiger partial charge in [-0.3, -0.25) is 9.69 Å². The average Bonchev–Trinajstić information content (AvgIpc) is 3.25. The van der Waals surface area contributed by atoms with Crippen molar-refractivity contribution in [2.24, 2.45) is 0 Å². The number of fused-ring (bicyclic) bond motifs is 1. The highest BCUT2D eigenvalue weighted by Crippen LogP contribution is 2.41. The van der Waals surface area contributed by atoms with E-state index in [2.05, 4.69) is 0 Å². The zero-order valence-electron chi connectivity index (χ0n) is 13.5. The Hall–Kier alpha value is -2.24. The van der Waals surface area contributed by atoms with Gasteiger partial charge in [0, 0.05) is 11.6 Å². The van der Waals surface area contributed by atoms with Gasteiger partial charge in [-0.25, -0.2) is 0 Å². The third kappa shape index (κ3) is 2.94. The van der Waals surface area contributed by atoms with Crippen molar-refractivity contribution in [3.63, 3.8) is 0 Å². The van der Waals surface area contributed by atoms with E-state index in [-0.39, 0.29) is 12.8 Å². The van der Waals surface area contributed by atoms with Crippen molar-refractivity contribution < 1.29 is 19.4 Å². The lowest BCUT2D eigenvalue weighted by Crippen LogP contribution is -2.39. The molecule has 1 N–H and O–H groups in total. The normalized spacial score (nSPS) is 20.6. The summed E-state index contributed by atoms with van der Waals surface area (Å²) in [5, 5.41) is 10.3. The van der Waals surface area contributed by atoms with Gasteiger partial charge in [0.2, 0.25) is 6.79 Å². The first-order valence-corrected chi connectivity index (χ1v) is 8.65. The van der Waals surface area contributed by atoms with Gasteiger partial charge in [0.15, 0.2) is 11.5 Å². The highest BCUT2D eigenvalue weighted by molar-refractivity contribution is 6.31. The Bertz CT molecular complexity index is 810. The van der Waals surface area contributed by atoms with Crippen LogP contribution >= 0.6 is 11.6 Å². The van der Waals surface area contributed by atoms with Crippen LogP contribution in [0.1, 0.15) is 30.0 Å². The molecule has 0 amide bonds. The molecule has 2 heterocycles. The van der Waals surface area contributed by atoms with Gasteiger partial charge in [-0.05, 0) is 42.2 Å². The first-order valence-electron chi connectivity index (χ1n) is 8.27. The Labute approximate surface area is 150 Å². The van der Waals surface area contributed by atoms with Crippen LogP contribution in [0, 0.1) is 0 Å². The summed E-state index contributed by atoms with van der Waals surface area (Å²) in [5.41, 5.74) is 1.85. The van der Waals surface area contributed by atoms with E-state index in [4.69, 9.17) is 21.1 Å². The molecule has 1 fully saturated rings. The zero-order valence-corrected chi connectivity index (χ0v) is 14.3. The molecule has 6 heteroatoms. The number of aliphatic carboxylic acids is 1. The van der Waals surface area contributed by atoms with Crippen LogP contribution in [0.15, 0.2) is 42.5 Å². The number of hydrogen-bond donors (Lipinski definition) is 1. The Kier molecular flexibility index (Phi) is 4.27. The van der Waals surface area contributed by atoms with Crippen LogP contribution < -0.4 is 9.47 Å². The summed E-state index contributed by atoms with van der Waals surface area (Å²) in [6.45, 7) is 0.915. The molecule has 0 saturated carbocycles. The number of hydrogen-bond acceptors (Lipinski definition) is 4. The third-order valence-electron chi connectivity index (χ3n) is 4.82. The van der Waals surface area contributed by atoms with Gasteiger partial charge in [0.05, 0.1) is 6.04 Å². The molecule has 0 spiro atoms. The molecule has 0 aromatic heterocycles. The highest BCUT2D eigenvalue weighted by atomic mass is 35.5. The van der Waals surface area contributed by atoms with Gasteiger partial charge in [0.1, 0.15) is 6.04 Å². The Morgan fingerprint density at radius 2 is 2.00 bits per heavy atom. The van der Waals surface area contributed by atoms with E-state index in [0.717, 1.165) is 17.5 Å². The van der Waals surface area contributed by atoms with E-state index in [1.807, 2.05) is 47.4 Å². The van der Waals surface area contributed by atoms with Gasteiger partial charge < -0.3 is 14.6 Å². The maximum absolute atomic E-state index is 11.7. The second-order valence-corrected chi connectivity index (χ2v) is 6.68. The number of carboxylic acid groups (broad SMARTS) is 1. The fourth-order valence-corrected chi connectivity index (χ4v) is 3.93. The van der Waals surface area contributed by atoms with E-state index in [1.54, 1.807) is 0 Å². The highest BCUT2D eigenvalue weighted by Gasteiger charge is 2.38. The lowest BCUT2D eigenvalue weighted by atomic mass is 9.95. The van der Waals surface area contributed by atoms with Gasteiger partial charge in [-0.15, -0.1) is 0 Å². The minimum atomic E-state index is -0.796. The van der Waals surface area contributed by atoms with Crippen LogP contribution in [0.3, 0.4) is 0 Å². The van der Waals surface area contributed by atoms with Gasteiger partial charge >= 0.3 is 5.97 Å². The molecule has 25 heavy (non-hydrogen) atoms. The van der Waals surface area contributed by atoms with Crippen molar-refractivity contribution in [2.45, 2.75) is 24.9 Å². The minimum Gasteiger partial charge on any atom is -0.480 e. The minimum absolute atomic E-state index is 0.205. The second-order valence-electron chi connectivity index (χ2n) is 6.27. The summed E-state index contributed by atoms with van der Waals surface area (Å²) in [6, 6.07) is 12.6. The van der Waals surface area contributed by atoms with Crippen molar-refractivity contribution in [3.8, 4) is 11.5 Å². The molecule has 2 aliphatic rings. The van der Waals surface area contributed by atoms with Crippen molar-refractivity contribution in [2.75, 3.05) is 13.3 Å². The second kappa shape index (κ2) is 6.58. The van der Waals surface area contributed by atoms with E-state index >= 15 is 0 Å². The molecule has 2 unspecified atom stereocenters.